The molecule has 1 heterocycles. The minimum absolute atomic E-state index is 0.0784. The number of hydrogen-bond donors (Lipinski definition) is 2. The third-order valence-electron chi connectivity index (χ3n) is 3.25. The highest BCUT2D eigenvalue weighted by atomic mass is 16.4. The van der Waals surface area contributed by atoms with E-state index in [1.165, 1.54) is 0 Å². The van der Waals surface area contributed by atoms with Crippen LogP contribution in [0, 0.1) is 0 Å². The topological polar surface area (TPSA) is 72.9 Å². The highest BCUT2D eigenvalue weighted by Gasteiger charge is 2.32. The Bertz CT molecular complexity index is 342. The summed E-state index contributed by atoms with van der Waals surface area (Å²) in [6.07, 6.45) is 1.93. The molecule has 6 nitrogen and oxygen atoms in total. The zero-order valence-electron chi connectivity index (χ0n) is 12.3. The van der Waals surface area contributed by atoms with Crippen molar-refractivity contribution in [3.63, 3.8) is 0 Å². The maximum absolute atomic E-state index is 12.2. The standard InChI is InChI=1S/C13H25N3O3/c1-13(2,8-11(17)18)14-12(19)16-7-5-6-10(16)9-15(3)4/h10H,5-9H2,1-4H3,(H,14,19)(H,17,18). The van der Waals surface area contributed by atoms with E-state index >= 15 is 0 Å². The van der Waals surface area contributed by atoms with Crippen LogP contribution < -0.4 is 5.32 Å². The van der Waals surface area contributed by atoms with E-state index in [1.807, 2.05) is 19.0 Å². The number of carboxylic acids is 1. The van der Waals surface area contributed by atoms with Gasteiger partial charge in [0.25, 0.3) is 0 Å². The molecule has 1 rings (SSSR count). The molecule has 0 spiro atoms. The number of carbonyl (C=O) groups is 2. The van der Waals surface area contributed by atoms with Gasteiger partial charge in [0.15, 0.2) is 0 Å². The second-order valence-electron chi connectivity index (χ2n) is 6.14. The fraction of sp³-hybridized carbons (Fsp3) is 0.846. The molecule has 0 bridgehead atoms. The predicted octanol–water partition coefficient (Wildman–Crippen LogP) is 0.975. The van der Waals surface area contributed by atoms with Gasteiger partial charge in [0, 0.05) is 24.7 Å². The number of nitrogens with zero attached hydrogens (tertiary/aromatic N) is 2. The van der Waals surface area contributed by atoms with E-state index < -0.39 is 11.5 Å². The fourth-order valence-corrected chi connectivity index (χ4v) is 2.50. The van der Waals surface area contributed by atoms with E-state index in [9.17, 15) is 9.59 Å². The summed E-state index contributed by atoms with van der Waals surface area (Å²) >= 11 is 0. The molecule has 2 amide bonds. The fourth-order valence-electron chi connectivity index (χ4n) is 2.50. The highest BCUT2D eigenvalue weighted by molar-refractivity contribution is 5.77. The van der Waals surface area contributed by atoms with Crippen molar-refractivity contribution >= 4 is 12.0 Å². The average molecular weight is 271 g/mol. The summed E-state index contributed by atoms with van der Waals surface area (Å²) in [4.78, 5) is 26.9. The molecule has 2 N–H and O–H groups in total. The number of aliphatic carboxylic acids is 1. The molecule has 1 aliphatic heterocycles. The Morgan fingerprint density at radius 2 is 2.05 bits per heavy atom. The molecule has 0 saturated carbocycles. The number of carbonyl (C=O) groups excluding carboxylic acids is 1. The summed E-state index contributed by atoms with van der Waals surface area (Å²) < 4.78 is 0. The molecule has 0 aromatic rings. The van der Waals surface area contributed by atoms with Crippen LogP contribution in [0.1, 0.15) is 33.1 Å². The molecule has 0 radical (unpaired) electrons. The van der Waals surface area contributed by atoms with Crippen molar-refractivity contribution in [3.8, 4) is 0 Å². The Hall–Kier alpha value is -1.30. The summed E-state index contributed by atoms with van der Waals surface area (Å²) in [5, 5.41) is 11.6. The van der Waals surface area contributed by atoms with Crippen LogP contribution in [0.3, 0.4) is 0 Å². The number of amides is 2. The summed E-state index contributed by atoms with van der Waals surface area (Å²) in [6.45, 7) is 5.05. The van der Waals surface area contributed by atoms with Gasteiger partial charge < -0.3 is 20.2 Å². The molecular formula is C13H25N3O3. The molecule has 1 saturated heterocycles. The lowest BCUT2D eigenvalue weighted by Gasteiger charge is -2.32. The van der Waals surface area contributed by atoms with Gasteiger partial charge in [-0.15, -0.1) is 0 Å². The van der Waals surface area contributed by atoms with E-state index in [-0.39, 0.29) is 18.5 Å². The van der Waals surface area contributed by atoms with Crippen LogP contribution >= 0.6 is 0 Å². The number of carboxylic acid groups (broad SMARTS) is 1. The quantitative estimate of drug-likeness (QED) is 0.781. The Labute approximate surface area is 114 Å². The van der Waals surface area contributed by atoms with Crippen molar-refractivity contribution in [2.45, 2.75) is 44.7 Å². The van der Waals surface area contributed by atoms with Gasteiger partial charge in [-0.3, -0.25) is 4.79 Å². The number of likely N-dealkylation sites (tertiary alicyclic amines) is 1. The number of rotatable bonds is 5. The predicted molar refractivity (Wildman–Crippen MR) is 73.1 cm³/mol. The summed E-state index contributed by atoms with van der Waals surface area (Å²) in [7, 11) is 3.98. The number of likely N-dealkylation sites (N-methyl/N-ethyl adjacent to an activating group) is 1. The second-order valence-corrected chi connectivity index (χ2v) is 6.14. The lowest BCUT2D eigenvalue weighted by Crippen LogP contribution is -2.53. The number of hydrogen-bond acceptors (Lipinski definition) is 3. The van der Waals surface area contributed by atoms with E-state index in [2.05, 4.69) is 10.2 Å². The van der Waals surface area contributed by atoms with E-state index in [0.717, 1.165) is 25.9 Å². The van der Waals surface area contributed by atoms with Crippen LogP contribution in [0.2, 0.25) is 0 Å². The van der Waals surface area contributed by atoms with Crippen molar-refractivity contribution in [2.75, 3.05) is 27.2 Å². The first-order chi connectivity index (χ1) is 8.71. The summed E-state index contributed by atoms with van der Waals surface area (Å²) in [5.74, 6) is -0.906. The van der Waals surface area contributed by atoms with Crippen LogP contribution in [0.4, 0.5) is 4.79 Å². The summed E-state index contributed by atoms with van der Waals surface area (Å²) in [5.41, 5.74) is -0.728. The Kier molecular flexibility index (Phi) is 5.17. The van der Waals surface area contributed by atoms with Crippen molar-refractivity contribution in [3.05, 3.63) is 0 Å². The maximum Gasteiger partial charge on any atom is 0.318 e. The molecule has 1 atom stereocenters. The molecule has 0 aliphatic carbocycles. The molecule has 110 valence electrons. The monoisotopic (exact) mass is 271 g/mol. The third kappa shape index (κ3) is 5.06. The van der Waals surface area contributed by atoms with Crippen molar-refractivity contribution < 1.29 is 14.7 Å². The van der Waals surface area contributed by atoms with Crippen LogP contribution in [-0.2, 0) is 4.79 Å². The first-order valence-electron chi connectivity index (χ1n) is 6.66. The van der Waals surface area contributed by atoms with Crippen LogP contribution in [0.15, 0.2) is 0 Å². The largest absolute Gasteiger partial charge is 0.481 e. The van der Waals surface area contributed by atoms with Gasteiger partial charge in [-0.05, 0) is 40.8 Å². The third-order valence-corrected chi connectivity index (χ3v) is 3.25. The normalized spacial score (nSPS) is 19.8. The van der Waals surface area contributed by atoms with E-state index in [4.69, 9.17) is 5.11 Å². The molecule has 0 aromatic carbocycles. The van der Waals surface area contributed by atoms with Crippen molar-refractivity contribution in [1.82, 2.24) is 15.1 Å². The zero-order chi connectivity index (χ0) is 14.6. The van der Waals surface area contributed by atoms with Gasteiger partial charge in [0.2, 0.25) is 0 Å². The minimum Gasteiger partial charge on any atom is -0.481 e. The van der Waals surface area contributed by atoms with Gasteiger partial charge >= 0.3 is 12.0 Å². The number of nitrogens with one attached hydrogen (secondary N) is 1. The number of urea groups is 1. The van der Waals surface area contributed by atoms with Crippen LogP contribution in [0.5, 0.6) is 0 Å². The van der Waals surface area contributed by atoms with Crippen molar-refractivity contribution in [1.29, 1.82) is 0 Å². The lowest BCUT2D eigenvalue weighted by atomic mass is 10.0. The van der Waals surface area contributed by atoms with Crippen LogP contribution in [0.25, 0.3) is 0 Å². The lowest BCUT2D eigenvalue weighted by molar-refractivity contribution is -0.138. The Morgan fingerprint density at radius 3 is 2.58 bits per heavy atom. The molecule has 0 aromatic heterocycles. The van der Waals surface area contributed by atoms with E-state index in [0.29, 0.717) is 0 Å². The van der Waals surface area contributed by atoms with Crippen molar-refractivity contribution in [2.24, 2.45) is 0 Å². The molecule has 19 heavy (non-hydrogen) atoms. The molecule has 1 aliphatic rings. The van der Waals surface area contributed by atoms with Crippen LogP contribution in [-0.4, -0.2) is 65.7 Å². The smallest absolute Gasteiger partial charge is 0.318 e. The SMILES string of the molecule is CN(C)CC1CCCN1C(=O)NC(C)(C)CC(=O)O. The molecule has 6 heteroatoms. The zero-order valence-corrected chi connectivity index (χ0v) is 12.3. The molecular weight excluding hydrogens is 246 g/mol. The van der Waals surface area contributed by atoms with Gasteiger partial charge in [-0.2, -0.15) is 0 Å². The first-order valence-corrected chi connectivity index (χ1v) is 6.66. The molecule has 1 fully saturated rings. The van der Waals surface area contributed by atoms with Gasteiger partial charge in [0.1, 0.15) is 0 Å². The van der Waals surface area contributed by atoms with Gasteiger partial charge in [-0.1, -0.05) is 0 Å². The summed E-state index contributed by atoms with van der Waals surface area (Å²) in [6, 6.07) is 0.0613. The minimum atomic E-state index is -0.906. The maximum atomic E-state index is 12.2. The van der Waals surface area contributed by atoms with E-state index in [1.54, 1.807) is 13.8 Å². The first kappa shape index (κ1) is 15.8. The Morgan fingerprint density at radius 1 is 1.42 bits per heavy atom. The van der Waals surface area contributed by atoms with Gasteiger partial charge in [0.05, 0.1) is 6.42 Å². The highest BCUT2D eigenvalue weighted by Crippen LogP contribution is 2.19. The molecule has 1 unspecified atom stereocenters. The Balaban J connectivity index is 2.59. The average Bonchev–Trinajstić information content (AvgIpc) is 2.61. The van der Waals surface area contributed by atoms with Gasteiger partial charge in [-0.25, -0.2) is 4.79 Å². The second kappa shape index (κ2) is 6.23.